The molecule has 4 heteroatoms. The summed E-state index contributed by atoms with van der Waals surface area (Å²) in [6, 6.07) is 11.0. The van der Waals surface area contributed by atoms with E-state index >= 15 is 0 Å². The fraction of sp³-hybridized carbons (Fsp3) is 0.235. The molecule has 0 saturated carbocycles. The van der Waals surface area contributed by atoms with E-state index in [-0.39, 0.29) is 12.5 Å². The molecule has 0 atom stereocenters. The molecular weight excluding hydrogens is 266 g/mol. The molecule has 1 aromatic heterocycles. The lowest BCUT2D eigenvalue weighted by Crippen LogP contribution is -2.22. The summed E-state index contributed by atoms with van der Waals surface area (Å²) in [6.07, 6.45) is 0.437. The van der Waals surface area contributed by atoms with Crippen LogP contribution in [-0.4, -0.2) is 17.6 Å². The zero-order valence-electron chi connectivity index (χ0n) is 11.8. The average Bonchev–Trinajstić information content (AvgIpc) is 2.93. The lowest BCUT2D eigenvalue weighted by atomic mass is 10.1. The number of aliphatic hydroxyl groups excluding tert-OH is 1. The number of aliphatic hydroxyl groups is 1. The van der Waals surface area contributed by atoms with Gasteiger partial charge in [-0.05, 0) is 30.7 Å². The van der Waals surface area contributed by atoms with Crippen LogP contribution < -0.4 is 5.32 Å². The van der Waals surface area contributed by atoms with Gasteiger partial charge in [-0.3, -0.25) is 4.79 Å². The van der Waals surface area contributed by atoms with Crippen LogP contribution in [0.2, 0.25) is 0 Å². The zero-order valence-corrected chi connectivity index (χ0v) is 11.8. The van der Waals surface area contributed by atoms with Crippen molar-refractivity contribution in [2.45, 2.75) is 19.9 Å². The van der Waals surface area contributed by atoms with Gasteiger partial charge in [0, 0.05) is 18.5 Å². The molecule has 0 saturated heterocycles. The minimum Gasteiger partial charge on any atom is -0.456 e. The average molecular weight is 283 g/mol. The van der Waals surface area contributed by atoms with Crippen molar-refractivity contribution in [1.82, 2.24) is 5.32 Å². The van der Waals surface area contributed by atoms with E-state index < -0.39 is 0 Å². The summed E-state index contributed by atoms with van der Waals surface area (Å²) in [7, 11) is 0. The Labute approximate surface area is 123 Å². The predicted octanol–water partition coefficient (Wildman–Crippen LogP) is 2.25. The monoisotopic (exact) mass is 283 g/mol. The Kier molecular flexibility index (Phi) is 5.19. The van der Waals surface area contributed by atoms with E-state index in [0.29, 0.717) is 24.5 Å². The SMILES string of the molecule is Cc1ccc(C(=O)NCc2ccccc2C#CCCO)o1. The smallest absolute Gasteiger partial charge is 0.287 e. The molecule has 0 fully saturated rings. The van der Waals surface area contributed by atoms with Gasteiger partial charge >= 0.3 is 0 Å². The predicted molar refractivity (Wildman–Crippen MR) is 79.6 cm³/mol. The highest BCUT2D eigenvalue weighted by Gasteiger charge is 2.10. The Morgan fingerprint density at radius 3 is 2.81 bits per heavy atom. The van der Waals surface area contributed by atoms with Crippen molar-refractivity contribution < 1.29 is 14.3 Å². The van der Waals surface area contributed by atoms with Crippen LogP contribution in [0.25, 0.3) is 0 Å². The van der Waals surface area contributed by atoms with Crippen LogP contribution >= 0.6 is 0 Å². The molecule has 0 unspecified atom stereocenters. The molecule has 1 amide bonds. The fourth-order valence-electron chi connectivity index (χ4n) is 1.83. The van der Waals surface area contributed by atoms with E-state index in [2.05, 4.69) is 17.2 Å². The molecule has 0 spiro atoms. The summed E-state index contributed by atoms with van der Waals surface area (Å²) >= 11 is 0. The van der Waals surface area contributed by atoms with Gasteiger partial charge in [-0.25, -0.2) is 0 Å². The summed E-state index contributed by atoms with van der Waals surface area (Å²) in [5.74, 6) is 6.64. The van der Waals surface area contributed by atoms with Gasteiger partial charge < -0.3 is 14.8 Å². The molecule has 2 N–H and O–H groups in total. The first kappa shape index (κ1) is 14.9. The normalized spacial score (nSPS) is 9.81. The van der Waals surface area contributed by atoms with Gasteiger partial charge in [-0.15, -0.1) is 0 Å². The van der Waals surface area contributed by atoms with E-state index in [1.54, 1.807) is 19.1 Å². The van der Waals surface area contributed by atoms with E-state index in [1.807, 2.05) is 24.3 Å². The number of hydrogen-bond donors (Lipinski definition) is 2. The number of carbonyl (C=O) groups is 1. The molecule has 0 aliphatic heterocycles. The van der Waals surface area contributed by atoms with Crippen molar-refractivity contribution >= 4 is 5.91 Å². The number of furan rings is 1. The van der Waals surface area contributed by atoms with Crippen LogP contribution in [0, 0.1) is 18.8 Å². The number of aryl methyl sites for hydroxylation is 1. The van der Waals surface area contributed by atoms with Crippen molar-refractivity contribution in [2.24, 2.45) is 0 Å². The van der Waals surface area contributed by atoms with E-state index in [9.17, 15) is 4.79 Å². The third-order valence-electron chi connectivity index (χ3n) is 2.88. The van der Waals surface area contributed by atoms with Crippen molar-refractivity contribution in [2.75, 3.05) is 6.61 Å². The molecule has 4 nitrogen and oxygen atoms in total. The van der Waals surface area contributed by atoms with Crippen molar-refractivity contribution in [3.8, 4) is 11.8 Å². The Balaban J connectivity index is 2.03. The fourth-order valence-corrected chi connectivity index (χ4v) is 1.83. The minimum atomic E-state index is -0.249. The van der Waals surface area contributed by atoms with E-state index in [1.165, 1.54) is 0 Å². The highest BCUT2D eigenvalue weighted by atomic mass is 16.3. The molecule has 0 aliphatic carbocycles. The second kappa shape index (κ2) is 7.32. The molecular formula is C17H17NO3. The topological polar surface area (TPSA) is 62.5 Å². The Morgan fingerprint density at radius 1 is 1.29 bits per heavy atom. The Morgan fingerprint density at radius 2 is 2.10 bits per heavy atom. The molecule has 2 rings (SSSR count). The van der Waals surface area contributed by atoms with E-state index in [0.717, 1.165) is 11.1 Å². The highest BCUT2D eigenvalue weighted by Crippen LogP contribution is 2.09. The van der Waals surface area contributed by atoms with E-state index in [4.69, 9.17) is 9.52 Å². The van der Waals surface area contributed by atoms with Gasteiger partial charge in [-0.2, -0.15) is 0 Å². The maximum absolute atomic E-state index is 11.9. The van der Waals surface area contributed by atoms with Gasteiger partial charge in [-0.1, -0.05) is 30.0 Å². The maximum Gasteiger partial charge on any atom is 0.287 e. The first-order chi connectivity index (χ1) is 10.2. The van der Waals surface area contributed by atoms with Crippen LogP contribution in [0.5, 0.6) is 0 Å². The van der Waals surface area contributed by atoms with Gasteiger partial charge in [0.05, 0.1) is 6.61 Å². The van der Waals surface area contributed by atoms with Gasteiger partial charge in [0.25, 0.3) is 5.91 Å². The summed E-state index contributed by atoms with van der Waals surface area (Å²) in [4.78, 5) is 11.9. The lowest BCUT2D eigenvalue weighted by molar-refractivity contribution is 0.0922. The number of rotatable bonds is 4. The zero-order chi connectivity index (χ0) is 15.1. The summed E-state index contributed by atoms with van der Waals surface area (Å²) < 4.78 is 5.28. The lowest BCUT2D eigenvalue weighted by Gasteiger charge is -2.06. The number of hydrogen-bond acceptors (Lipinski definition) is 3. The molecule has 1 heterocycles. The third-order valence-corrected chi connectivity index (χ3v) is 2.88. The van der Waals surface area contributed by atoms with Crippen LogP contribution in [0.15, 0.2) is 40.8 Å². The highest BCUT2D eigenvalue weighted by molar-refractivity contribution is 5.91. The van der Waals surface area contributed by atoms with Crippen LogP contribution in [0.4, 0.5) is 0 Å². The number of carbonyl (C=O) groups excluding carboxylic acids is 1. The molecule has 0 radical (unpaired) electrons. The number of amides is 1. The third kappa shape index (κ3) is 4.23. The standard InChI is InChI=1S/C17H17NO3/c1-13-9-10-16(21-13)17(20)18-12-15-8-3-2-6-14(15)7-4-5-11-19/h2-3,6,8-10,19H,5,11-12H2,1H3,(H,18,20). The molecule has 108 valence electrons. The van der Waals surface area contributed by atoms with Crippen LogP contribution in [0.1, 0.15) is 33.9 Å². The summed E-state index contributed by atoms with van der Waals surface area (Å²) in [5.41, 5.74) is 1.78. The summed E-state index contributed by atoms with van der Waals surface area (Å²) in [6.45, 7) is 2.22. The van der Waals surface area contributed by atoms with Crippen molar-refractivity contribution in [3.05, 3.63) is 59.0 Å². The molecule has 2 aromatic rings. The maximum atomic E-state index is 11.9. The second-order valence-corrected chi connectivity index (χ2v) is 4.53. The van der Waals surface area contributed by atoms with Crippen LogP contribution in [-0.2, 0) is 6.54 Å². The molecule has 21 heavy (non-hydrogen) atoms. The minimum absolute atomic E-state index is 0.0454. The van der Waals surface area contributed by atoms with Gasteiger partial charge in [0.15, 0.2) is 5.76 Å². The number of benzene rings is 1. The van der Waals surface area contributed by atoms with Crippen molar-refractivity contribution in [3.63, 3.8) is 0 Å². The first-order valence-corrected chi connectivity index (χ1v) is 6.73. The van der Waals surface area contributed by atoms with Gasteiger partial charge in [0.1, 0.15) is 5.76 Å². The largest absolute Gasteiger partial charge is 0.456 e. The second-order valence-electron chi connectivity index (χ2n) is 4.53. The quantitative estimate of drug-likeness (QED) is 0.846. The van der Waals surface area contributed by atoms with Gasteiger partial charge in [0.2, 0.25) is 0 Å². The first-order valence-electron chi connectivity index (χ1n) is 6.73. The number of nitrogens with one attached hydrogen (secondary N) is 1. The van der Waals surface area contributed by atoms with Crippen LogP contribution in [0.3, 0.4) is 0 Å². The molecule has 0 aliphatic rings. The molecule has 1 aromatic carbocycles. The molecule has 0 bridgehead atoms. The summed E-state index contributed by atoms with van der Waals surface area (Å²) in [5, 5.41) is 11.6. The Bertz CT molecular complexity index is 677. The van der Waals surface area contributed by atoms with Crippen molar-refractivity contribution in [1.29, 1.82) is 0 Å². The Hall–Kier alpha value is -2.51.